The molecule has 0 bridgehead atoms. The van der Waals surface area contributed by atoms with Crippen molar-refractivity contribution in [3.8, 4) is 0 Å². The number of aromatic nitrogens is 1. The first kappa shape index (κ1) is 25.5. The highest BCUT2D eigenvalue weighted by atomic mass is 32.2. The average Bonchev–Trinajstić information content (AvgIpc) is 3.49. The molecule has 192 valence electrons. The smallest absolute Gasteiger partial charge is 0.248 e. The summed E-state index contributed by atoms with van der Waals surface area (Å²) in [6.07, 6.45) is 2.17. The summed E-state index contributed by atoms with van der Waals surface area (Å²) in [6, 6.07) is 1.68. The zero-order valence-corrected chi connectivity index (χ0v) is 21.0. The van der Waals surface area contributed by atoms with Crippen molar-refractivity contribution in [2.45, 2.75) is 56.5 Å². The first-order chi connectivity index (χ1) is 16.4. The first-order valence-electron chi connectivity index (χ1n) is 11.6. The van der Waals surface area contributed by atoms with Gasteiger partial charge in [0, 0.05) is 42.1 Å². The van der Waals surface area contributed by atoms with Crippen molar-refractivity contribution >= 4 is 32.7 Å². The lowest BCUT2D eigenvalue weighted by atomic mass is 9.91. The van der Waals surface area contributed by atoms with Gasteiger partial charge in [-0.3, -0.25) is 9.59 Å². The van der Waals surface area contributed by atoms with Crippen LogP contribution in [0.5, 0.6) is 0 Å². The van der Waals surface area contributed by atoms with Gasteiger partial charge >= 0.3 is 0 Å². The molecule has 2 saturated heterocycles. The van der Waals surface area contributed by atoms with Crippen LogP contribution in [0.2, 0.25) is 0 Å². The van der Waals surface area contributed by atoms with Gasteiger partial charge in [0.2, 0.25) is 21.8 Å². The average molecular weight is 510 g/mol. The van der Waals surface area contributed by atoms with Gasteiger partial charge in [0.05, 0.1) is 24.4 Å². The Morgan fingerprint density at radius 2 is 2.00 bits per heavy atom. The second-order valence-electron chi connectivity index (χ2n) is 9.49. The second kappa shape index (κ2) is 9.49. The number of fused-ring (bicyclic) bond motifs is 2. The summed E-state index contributed by atoms with van der Waals surface area (Å²) in [7, 11) is -1.95. The Morgan fingerprint density at radius 1 is 1.29 bits per heavy atom. The van der Waals surface area contributed by atoms with Crippen molar-refractivity contribution in [1.82, 2.24) is 24.8 Å². The van der Waals surface area contributed by atoms with Crippen LogP contribution in [0, 0.1) is 5.82 Å². The van der Waals surface area contributed by atoms with Crippen LogP contribution < -0.4 is 10.6 Å². The highest BCUT2D eigenvalue weighted by molar-refractivity contribution is 7.88. The standard InChI is InChI=1S/C23H32FN5O5S/c1-12(25-3)22(31)27-20(13(2)30)23(32)28-8-7-19-21(28)17(11-29(19)35(4,33)34)16-10-26-18-9-14(24)5-6-15(16)18/h5-6,9-10,12-13,17,19-21,25-26,30H,7-8,11H2,1-4H3,(H,27,31)/t12-,13+,17+,19+,20-,21+/m0/s1. The number of nitrogens with one attached hydrogen (secondary N) is 3. The summed E-state index contributed by atoms with van der Waals surface area (Å²) < 4.78 is 40.4. The van der Waals surface area contributed by atoms with Crippen molar-refractivity contribution in [2.24, 2.45) is 0 Å². The molecule has 0 radical (unpaired) electrons. The number of rotatable bonds is 7. The summed E-state index contributed by atoms with van der Waals surface area (Å²) in [5, 5.41) is 16.5. The predicted octanol–water partition coefficient (Wildman–Crippen LogP) is 0.109. The number of likely N-dealkylation sites (tertiary alicyclic amines) is 1. The minimum Gasteiger partial charge on any atom is -0.391 e. The number of aliphatic hydroxyl groups excluding tert-OH is 1. The van der Waals surface area contributed by atoms with E-state index in [-0.39, 0.29) is 19.0 Å². The molecule has 0 saturated carbocycles. The number of likely N-dealkylation sites (N-methyl/N-ethyl adjacent to an activating group) is 1. The number of hydrogen-bond donors (Lipinski definition) is 4. The first-order valence-corrected chi connectivity index (χ1v) is 13.5. The number of hydrogen-bond acceptors (Lipinski definition) is 6. The Labute approximate surface area is 203 Å². The largest absolute Gasteiger partial charge is 0.391 e. The summed E-state index contributed by atoms with van der Waals surface area (Å²) in [4.78, 5) is 30.8. The molecule has 2 amide bonds. The third-order valence-corrected chi connectivity index (χ3v) is 8.51. The number of benzene rings is 1. The number of nitrogens with zero attached hydrogens (tertiary/aromatic N) is 2. The molecule has 0 unspecified atom stereocenters. The second-order valence-corrected chi connectivity index (χ2v) is 11.4. The Morgan fingerprint density at radius 3 is 2.63 bits per heavy atom. The number of aliphatic hydroxyl groups is 1. The maximum absolute atomic E-state index is 13.8. The number of H-pyrrole nitrogens is 1. The fourth-order valence-corrected chi connectivity index (χ4v) is 6.51. The van der Waals surface area contributed by atoms with E-state index >= 15 is 0 Å². The molecule has 0 aliphatic carbocycles. The number of amides is 2. The molecule has 2 aliphatic rings. The van der Waals surface area contributed by atoms with E-state index in [1.54, 1.807) is 31.1 Å². The molecule has 4 rings (SSSR count). The van der Waals surface area contributed by atoms with Crippen LogP contribution >= 0.6 is 0 Å². The third kappa shape index (κ3) is 4.67. The molecule has 3 heterocycles. The summed E-state index contributed by atoms with van der Waals surface area (Å²) in [5.74, 6) is -1.66. The van der Waals surface area contributed by atoms with Gasteiger partial charge in [-0.25, -0.2) is 12.8 Å². The lowest BCUT2D eigenvalue weighted by Crippen LogP contribution is -2.58. The van der Waals surface area contributed by atoms with Crippen molar-refractivity contribution in [2.75, 3.05) is 26.4 Å². The number of carbonyl (C=O) groups is 2. The molecule has 1 aromatic carbocycles. The Kier molecular flexibility index (Phi) is 6.93. The van der Waals surface area contributed by atoms with Crippen LogP contribution in [0.4, 0.5) is 4.39 Å². The maximum Gasteiger partial charge on any atom is 0.248 e. The van der Waals surface area contributed by atoms with Gasteiger partial charge in [0.25, 0.3) is 0 Å². The van der Waals surface area contributed by atoms with Crippen LogP contribution in [0.1, 0.15) is 31.7 Å². The number of sulfonamides is 1. The molecule has 35 heavy (non-hydrogen) atoms. The number of carbonyl (C=O) groups excluding carboxylic acids is 2. The van der Waals surface area contributed by atoms with E-state index in [0.29, 0.717) is 11.9 Å². The van der Waals surface area contributed by atoms with Gasteiger partial charge in [-0.15, -0.1) is 0 Å². The lowest BCUT2D eigenvalue weighted by molar-refractivity contribution is -0.140. The van der Waals surface area contributed by atoms with Crippen LogP contribution in [-0.2, 0) is 19.6 Å². The van der Waals surface area contributed by atoms with Crippen molar-refractivity contribution in [1.29, 1.82) is 0 Å². The normalized spacial score (nSPS) is 25.4. The minimum absolute atomic E-state index is 0.171. The predicted molar refractivity (Wildman–Crippen MR) is 129 cm³/mol. The van der Waals surface area contributed by atoms with Crippen molar-refractivity contribution < 1.29 is 27.5 Å². The maximum atomic E-state index is 13.8. The zero-order chi connectivity index (χ0) is 25.7. The van der Waals surface area contributed by atoms with Crippen LogP contribution in [-0.4, -0.2) is 96.2 Å². The van der Waals surface area contributed by atoms with Crippen LogP contribution in [0.25, 0.3) is 10.9 Å². The molecule has 2 aliphatic heterocycles. The summed E-state index contributed by atoms with van der Waals surface area (Å²) >= 11 is 0. The summed E-state index contributed by atoms with van der Waals surface area (Å²) in [6.45, 7) is 3.53. The Hall–Kier alpha value is -2.54. The molecule has 6 atom stereocenters. The number of halogens is 1. The fourth-order valence-electron chi connectivity index (χ4n) is 5.36. The van der Waals surface area contributed by atoms with E-state index in [1.807, 2.05) is 0 Å². The zero-order valence-electron chi connectivity index (χ0n) is 20.2. The van der Waals surface area contributed by atoms with E-state index in [1.165, 1.54) is 23.4 Å². The Bertz CT molecular complexity index is 1230. The highest BCUT2D eigenvalue weighted by Gasteiger charge is 2.54. The molecule has 12 heteroatoms. The highest BCUT2D eigenvalue weighted by Crippen LogP contribution is 2.44. The third-order valence-electron chi connectivity index (χ3n) is 7.24. The van der Waals surface area contributed by atoms with E-state index in [4.69, 9.17) is 0 Å². The minimum atomic E-state index is -3.56. The topological polar surface area (TPSA) is 135 Å². The van der Waals surface area contributed by atoms with Crippen molar-refractivity contribution in [3.05, 3.63) is 35.8 Å². The van der Waals surface area contributed by atoms with Gasteiger partial charge in [0.15, 0.2) is 0 Å². The molecule has 2 fully saturated rings. The van der Waals surface area contributed by atoms with Gasteiger partial charge < -0.3 is 25.6 Å². The number of aromatic amines is 1. The molecular formula is C23H32FN5O5S. The SMILES string of the molecule is CN[C@@H](C)C(=O)N[C@H](C(=O)N1CC[C@@H]2[C@H]1[C@@H](c1c[nH]c3cc(F)ccc13)CN2S(C)(=O)=O)[C@@H](C)O. The molecule has 1 aromatic heterocycles. The molecule has 0 spiro atoms. The van der Waals surface area contributed by atoms with Gasteiger partial charge in [-0.2, -0.15) is 4.31 Å². The van der Waals surface area contributed by atoms with Gasteiger partial charge in [-0.05, 0) is 51.1 Å². The summed E-state index contributed by atoms with van der Waals surface area (Å²) in [5.41, 5.74) is 1.38. The van der Waals surface area contributed by atoms with E-state index in [0.717, 1.165) is 17.2 Å². The van der Waals surface area contributed by atoms with Gasteiger partial charge in [0.1, 0.15) is 11.9 Å². The lowest BCUT2D eigenvalue weighted by Gasteiger charge is -2.33. The van der Waals surface area contributed by atoms with Crippen LogP contribution in [0.15, 0.2) is 24.4 Å². The van der Waals surface area contributed by atoms with E-state index < -0.39 is 57.9 Å². The quantitative estimate of drug-likeness (QED) is 0.419. The van der Waals surface area contributed by atoms with Crippen molar-refractivity contribution in [3.63, 3.8) is 0 Å². The monoisotopic (exact) mass is 509 g/mol. The molecule has 4 N–H and O–H groups in total. The molecule has 10 nitrogen and oxygen atoms in total. The van der Waals surface area contributed by atoms with E-state index in [9.17, 15) is 27.5 Å². The Balaban J connectivity index is 1.71. The fraction of sp³-hybridized carbons (Fsp3) is 0.565. The van der Waals surface area contributed by atoms with Gasteiger partial charge in [-0.1, -0.05) is 0 Å². The van der Waals surface area contributed by atoms with E-state index in [2.05, 4.69) is 15.6 Å². The molecular weight excluding hydrogens is 477 g/mol. The van der Waals surface area contributed by atoms with Crippen LogP contribution in [0.3, 0.4) is 0 Å². The molecule has 2 aromatic rings.